The van der Waals surface area contributed by atoms with Gasteiger partial charge in [0, 0.05) is 31.4 Å². The lowest BCUT2D eigenvalue weighted by Gasteiger charge is -2.33. The molecule has 2 N–H and O–H groups in total. The van der Waals surface area contributed by atoms with Gasteiger partial charge in [-0.2, -0.15) is 0 Å². The average molecular weight is 264 g/mol. The summed E-state index contributed by atoms with van der Waals surface area (Å²) in [6.45, 7) is 5.02. The van der Waals surface area contributed by atoms with Crippen molar-refractivity contribution in [1.29, 1.82) is 0 Å². The molecule has 0 saturated carbocycles. The molecule has 19 heavy (non-hydrogen) atoms. The highest BCUT2D eigenvalue weighted by Gasteiger charge is 2.29. The molecule has 0 spiro atoms. The number of nitrogens with zero attached hydrogens (tertiary/aromatic N) is 2. The van der Waals surface area contributed by atoms with E-state index in [0.717, 1.165) is 19.4 Å². The van der Waals surface area contributed by atoms with Gasteiger partial charge in [-0.25, -0.2) is 4.98 Å². The summed E-state index contributed by atoms with van der Waals surface area (Å²) in [7, 11) is 0. The number of piperidine rings is 1. The second-order valence-electron chi connectivity index (χ2n) is 5.21. The van der Waals surface area contributed by atoms with E-state index < -0.39 is 0 Å². The number of imidazole rings is 1. The topological polar surface area (TPSA) is 78.1 Å². The van der Waals surface area contributed by atoms with Crippen molar-refractivity contribution < 1.29 is 9.59 Å². The van der Waals surface area contributed by atoms with Gasteiger partial charge in [-0.15, -0.1) is 0 Å². The molecule has 1 aromatic heterocycles. The molecule has 2 heterocycles. The van der Waals surface area contributed by atoms with Gasteiger partial charge in [0.2, 0.25) is 17.8 Å². The van der Waals surface area contributed by atoms with Gasteiger partial charge >= 0.3 is 0 Å². The lowest BCUT2D eigenvalue weighted by atomic mass is 9.96. The number of anilines is 1. The number of rotatable bonds is 3. The summed E-state index contributed by atoms with van der Waals surface area (Å²) in [4.78, 5) is 32.6. The molecule has 6 nitrogen and oxygen atoms in total. The highest BCUT2D eigenvalue weighted by molar-refractivity contribution is 5.91. The SMILES string of the molecule is CC(C)C(=O)N1CCCC(C(=O)Nc2ncc[nH]2)C1. The molecule has 1 aromatic rings. The van der Waals surface area contributed by atoms with Crippen molar-refractivity contribution in [2.45, 2.75) is 26.7 Å². The van der Waals surface area contributed by atoms with E-state index in [9.17, 15) is 9.59 Å². The minimum absolute atomic E-state index is 0.0214. The number of nitrogens with one attached hydrogen (secondary N) is 2. The Hall–Kier alpha value is -1.85. The van der Waals surface area contributed by atoms with E-state index in [4.69, 9.17) is 0 Å². The van der Waals surface area contributed by atoms with Crippen LogP contribution in [0.3, 0.4) is 0 Å². The van der Waals surface area contributed by atoms with Crippen LogP contribution < -0.4 is 5.32 Å². The maximum absolute atomic E-state index is 12.1. The number of aromatic amines is 1. The Morgan fingerprint density at radius 3 is 2.95 bits per heavy atom. The van der Waals surface area contributed by atoms with Gasteiger partial charge in [0.1, 0.15) is 0 Å². The van der Waals surface area contributed by atoms with Crippen molar-refractivity contribution in [3.8, 4) is 0 Å². The molecule has 1 aliphatic rings. The Morgan fingerprint density at radius 2 is 2.32 bits per heavy atom. The molecule has 0 aromatic carbocycles. The van der Waals surface area contributed by atoms with Crippen LogP contribution in [0.25, 0.3) is 0 Å². The van der Waals surface area contributed by atoms with Gasteiger partial charge in [0.05, 0.1) is 5.92 Å². The summed E-state index contributed by atoms with van der Waals surface area (Å²) in [6, 6.07) is 0. The highest BCUT2D eigenvalue weighted by Crippen LogP contribution is 2.19. The van der Waals surface area contributed by atoms with E-state index in [0.29, 0.717) is 12.5 Å². The van der Waals surface area contributed by atoms with Crippen LogP contribution in [-0.2, 0) is 9.59 Å². The molecule has 6 heteroatoms. The monoisotopic (exact) mass is 264 g/mol. The largest absolute Gasteiger partial charge is 0.342 e. The van der Waals surface area contributed by atoms with E-state index in [-0.39, 0.29) is 23.7 Å². The molecule has 0 radical (unpaired) electrons. The molecule has 1 unspecified atom stereocenters. The van der Waals surface area contributed by atoms with Crippen LogP contribution in [-0.4, -0.2) is 39.8 Å². The number of carbonyl (C=O) groups is 2. The van der Waals surface area contributed by atoms with Gasteiger partial charge in [0.15, 0.2) is 0 Å². The van der Waals surface area contributed by atoms with Gasteiger partial charge in [0.25, 0.3) is 0 Å². The maximum Gasteiger partial charge on any atom is 0.231 e. The second kappa shape index (κ2) is 5.86. The highest BCUT2D eigenvalue weighted by atomic mass is 16.2. The third-order valence-corrected chi connectivity index (χ3v) is 3.34. The first-order chi connectivity index (χ1) is 9.08. The van der Waals surface area contributed by atoms with Crippen LogP contribution in [0.4, 0.5) is 5.95 Å². The number of hydrogen-bond acceptors (Lipinski definition) is 3. The minimum Gasteiger partial charge on any atom is -0.342 e. The quantitative estimate of drug-likeness (QED) is 0.862. The molecular formula is C13H20N4O2. The fourth-order valence-electron chi connectivity index (χ4n) is 2.31. The van der Waals surface area contributed by atoms with Crippen molar-refractivity contribution in [3.05, 3.63) is 12.4 Å². The molecule has 2 amide bonds. The van der Waals surface area contributed by atoms with Crippen LogP contribution in [0, 0.1) is 11.8 Å². The van der Waals surface area contributed by atoms with Gasteiger partial charge in [-0.3, -0.25) is 14.9 Å². The number of aromatic nitrogens is 2. The zero-order valence-corrected chi connectivity index (χ0v) is 11.3. The normalized spacial score (nSPS) is 19.5. The van der Waals surface area contributed by atoms with E-state index in [1.807, 2.05) is 13.8 Å². The van der Waals surface area contributed by atoms with E-state index in [1.54, 1.807) is 17.3 Å². The van der Waals surface area contributed by atoms with Gasteiger partial charge < -0.3 is 9.88 Å². The van der Waals surface area contributed by atoms with Crippen LogP contribution in [0.15, 0.2) is 12.4 Å². The average Bonchev–Trinajstić information content (AvgIpc) is 2.90. The molecule has 104 valence electrons. The summed E-state index contributed by atoms with van der Waals surface area (Å²) < 4.78 is 0. The van der Waals surface area contributed by atoms with E-state index in [2.05, 4.69) is 15.3 Å². The summed E-state index contributed by atoms with van der Waals surface area (Å²) in [5, 5.41) is 2.74. The number of likely N-dealkylation sites (tertiary alicyclic amines) is 1. The first-order valence-corrected chi connectivity index (χ1v) is 6.67. The van der Waals surface area contributed by atoms with Crippen molar-refractivity contribution in [2.75, 3.05) is 18.4 Å². The smallest absolute Gasteiger partial charge is 0.231 e. The fraction of sp³-hybridized carbons (Fsp3) is 0.615. The second-order valence-corrected chi connectivity index (χ2v) is 5.21. The van der Waals surface area contributed by atoms with Crippen molar-refractivity contribution in [1.82, 2.24) is 14.9 Å². The zero-order valence-electron chi connectivity index (χ0n) is 11.3. The maximum atomic E-state index is 12.1. The number of amides is 2. The van der Waals surface area contributed by atoms with Crippen molar-refractivity contribution in [3.63, 3.8) is 0 Å². The van der Waals surface area contributed by atoms with Crippen molar-refractivity contribution >= 4 is 17.8 Å². The molecule has 2 rings (SSSR count). The van der Waals surface area contributed by atoms with Crippen LogP contribution in [0.1, 0.15) is 26.7 Å². The Balaban J connectivity index is 1.93. The number of carbonyl (C=O) groups excluding carboxylic acids is 2. The van der Waals surface area contributed by atoms with Crippen LogP contribution in [0.5, 0.6) is 0 Å². The Kier molecular flexibility index (Phi) is 4.19. The molecule has 1 saturated heterocycles. The summed E-state index contributed by atoms with van der Waals surface area (Å²) in [6.07, 6.45) is 4.93. The van der Waals surface area contributed by atoms with Gasteiger partial charge in [-0.1, -0.05) is 13.8 Å². The molecule has 1 aliphatic heterocycles. The standard InChI is InChI=1S/C13H20N4O2/c1-9(2)12(19)17-7-3-4-10(8-17)11(18)16-13-14-5-6-15-13/h5-6,9-10H,3-4,7-8H2,1-2H3,(H2,14,15,16,18). The van der Waals surface area contributed by atoms with E-state index in [1.165, 1.54) is 0 Å². The fourth-order valence-corrected chi connectivity index (χ4v) is 2.31. The van der Waals surface area contributed by atoms with Crippen LogP contribution >= 0.6 is 0 Å². The third kappa shape index (κ3) is 3.33. The zero-order chi connectivity index (χ0) is 13.8. The predicted molar refractivity (Wildman–Crippen MR) is 71.4 cm³/mol. The lowest BCUT2D eigenvalue weighted by molar-refractivity contribution is -0.137. The summed E-state index contributed by atoms with van der Waals surface area (Å²) in [5.74, 6) is 0.331. The molecule has 1 fully saturated rings. The van der Waals surface area contributed by atoms with E-state index >= 15 is 0 Å². The van der Waals surface area contributed by atoms with Crippen molar-refractivity contribution in [2.24, 2.45) is 11.8 Å². The predicted octanol–water partition coefficient (Wildman–Crippen LogP) is 1.24. The molecule has 0 bridgehead atoms. The van der Waals surface area contributed by atoms with Gasteiger partial charge in [-0.05, 0) is 12.8 Å². The Bertz CT molecular complexity index is 442. The minimum atomic E-state index is -0.151. The van der Waals surface area contributed by atoms with Crippen LogP contribution in [0.2, 0.25) is 0 Å². The first kappa shape index (κ1) is 13.6. The first-order valence-electron chi connectivity index (χ1n) is 6.67. The molecule has 1 atom stereocenters. The number of H-pyrrole nitrogens is 1. The number of hydrogen-bond donors (Lipinski definition) is 2. The Labute approximate surface area is 112 Å². The lowest BCUT2D eigenvalue weighted by Crippen LogP contribution is -2.45. The Morgan fingerprint density at radius 1 is 1.53 bits per heavy atom. The molecular weight excluding hydrogens is 244 g/mol. The molecule has 0 aliphatic carbocycles. The summed E-state index contributed by atoms with van der Waals surface area (Å²) in [5.41, 5.74) is 0. The third-order valence-electron chi connectivity index (χ3n) is 3.34. The summed E-state index contributed by atoms with van der Waals surface area (Å²) >= 11 is 0.